The van der Waals surface area contributed by atoms with E-state index < -0.39 is 6.04 Å². The molecule has 0 aliphatic carbocycles. The van der Waals surface area contributed by atoms with E-state index in [1.54, 1.807) is 43.1 Å². The molecule has 7 nitrogen and oxygen atoms in total. The molecule has 0 bridgehead atoms. The van der Waals surface area contributed by atoms with E-state index in [1.165, 1.54) is 11.3 Å². The van der Waals surface area contributed by atoms with E-state index in [2.05, 4.69) is 10.3 Å². The van der Waals surface area contributed by atoms with Crippen molar-refractivity contribution in [2.75, 3.05) is 12.4 Å². The van der Waals surface area contributed by atoms with Crippen LogP contribution in [0, 0.1) is 0 Å². The molecule has 1 amide bonds. The zero-order valence-electron chi connectivity index (χ0n) is 18.5. The van der Waals surface area contributed by atoms with Crippen molar-refractivity contribution < 1.29 is 13.9 Å². The number of nitrogens with one attached hydrogen (secondary N) is 1. The van der Waals surface area contributed by atoms with Crippen molar-refractivity contribution in [2.24, 2.45) is 4.99 Å². The molecule has 3 heterocycles. The van der Waals surface area contributed by atoms with Gasteiger partial charge >= 0.3 is 0 Å². The van der Waals surface area contributed by atoms with Gasteiger partial charge in [-0.05, 0) is 48.9 Å². The predicted molar refractivity (Wildman–Crippen MR) is 131 cm³/mol. The topological polar surface area (TPSA) is 85.8 Å². The molecule has 1 aliphatic heterocycles. The number of methoxy groups -OCH3 is 1. The first-order valence-corrected chi connectivity index (χ1v) is 11.4. The number of para-hydroxylation sites is 1. The van der Waals surface area contributed by atoms with Gasteiger partial charge in [-0.15, -0.1) is 0 Å². The molecule has 170 valence electrons. The van der Waals surface area contributed by atoms with Crippen LogP contribution < -0.4 is 24.9 Å². The predicted octanol–water partition coefficient (Wildman–Crippen LogP) is 3.48. The molecule has 0 fully saturated rings. The van der Waals surface area contributed by atoms with Gasteiger partial charge in [0.2, 0.25) is 0 Å². The third-order valence-electron chi connectivity index (χ3n) is 5.52. The van der Waals surface area contributed by atoms with Gasteiger partial charge in [0.25, 0.3) is 11.5 Å². The Morgan fingerprint density at radius 3 is 2.71 bits per heavy atom. The summed E-state index contributed by atoms with van der Waals surface area (Å²) >= 11 is 1.26. The van der Waals surface area contributed by atoms with Crippen LogP contribution in [0.2, 0.25) is 0 Å². The summed E-state index contributed by atoms with van der Waals surface area (Å²) in [5.74, 6) is 0.884. The number of ether oxygens (including phenoxy) is 1. The first kappa shape index (κ1) is 21.7. The molecule has 4 aromatic rings. The number of nitrogens with zero attached hydrogens (tertiary/aromatic N) is 2. The molecule has 1 unspecified atom stereocenters. The van der Waals surface area contributed by atoms with Crippen LogP contribution in [0.15, 0.2) is 98.5 Å². The summed E-state index contributed by atoms with van der Waals surface area (Å²) in [6.45, 7) is 1.79. The largest absolute Gasteiger partial charge is 0.497 e. The number of carbonyl (C=O) groups excluding carboxylic acids is 1. The molecule has 1 N–H and O–H groups in total. The SMILES string of the molecule is COc1cccc(C2C(C(=O)Nc3ccccc3)=C(C)N=c3sc(=Cc4ccco4)c(=O)n32)c1. The summed E-state index contributed by atoms with van der Waals surface area (Å²) < 4.78 is 12.9. The fraction of sp³-hybridized carbons (Fsp3) is 0.115. The van der Waals surface area contributed by atoms with Gasteiger partial charge in [-0.2, -0.15) is 0 Å². The summed E-state index contributed by atoms with van der Waals surface area (Å²) in [4.78, 5) is 32.2. The smallest absolute Gasteiger partial charge is 0.271 e. The van der Waals surface area contributed by atoms with E-state index in [4.69, 9.17) is 9.15 Å². The molecule has 1 aliphatic rings. The highest BCUT2D eigenvalue weighted by atomic mass is 32.1. The van der Waals surface area contributed by atoms with Gasteiger partial charge in [-0.3, -0.25) is 14.2 Å². The number of aromatic nitrogens is 1. The second kappa shape index (κ2) is 8.99. The Morgan fingerprint density at radius 2 is 1.97 bits per heavy atom. The van der Waals surface area contributed by atoms with E-state index in [-0.39, 0.29) is 11.5 Å². The average Bonchev–Trinajstić information content (AvgIpc) is 3.47. The van der Waals surface area contributed by atoms with E-state index in [0.717, 1.165) is 5.56 Å². The van der Waals surface area contributed by atoms with E-state index >= 15 is 0 Å². The standard InChI is InChI=1S/C26H21N3O4S/c1-16-22(24(30)28-18-9-4-3-5-10-18)23(17-8-6-11-19(14-17)32-2)29-25(31)21(34-26(29)27-16)15-20-12-7-13-33-20/h3-15,23H,1-2H3,(H,28,30). The fourth-order valence-electron chi connectivity index (χ4n) is 3.96. The maximum absolute atomic E-state index is 13.6. The van der Waals surface area contributed by atoms with Crippen molar-refractivity contribution in [2.45, 2.75) is 13.0 Å². The van der Waals surface area contributed by atoms with Crippen LogP contribution in [0.4, 0.5) is 5.69 Å². The summed E-state index contributed by atoms with van der Waals surface area (Å²) in [5.41, 5.74) is 2.11. The van der Waals surface area contributed by atoms with E-state index in [9.17, 15) is 9.59 Å². The van der Waals surface area contributed by atoms with Gasteiger partial charge < -0.3 is 14.5 Å². The summed E-state index contributed by atoms with van der Waals surface area (Å²) in [7, 11) is 1.58. The van der Waals surface area contributed by atoms with Crippen LogP contribution in [0.25, 0.3) is 6.08 Å². The molecule has 0 radical (unpaired) electrons. The van der Waals surface area contributed by atoms with Crippen molar-refractivity contribution in [3.63, 3.8) is 0 Å². The highest BCUT2D eigenvalue weighted by Crippen LogP contribution is 2.32. The van der Waals surface area contributed by atoms with Gasteiger partial charge in [0, 0.05) is 11.8 Å². The minimum absolute atomic E-state index is 0.245. The number of anilines is 1. The zero-order chi connectivity index (χ0) is 23.7. The highest BCUT2D eigenvalue weighted by molar-refractivity contribution is 7.07. The van der Waals surface area contributed by atoms with Crippen molar-refractivity contribution in [1.82, 2.24) is 4.57 Å². The monoisotopic (exact) mass is 471 g/mol. The number of hydrogen-bond donors (Lipinski definition) is 1. The van der Waals surface area contributed by atoms with Crippen LogP contribution in [0.3, 0.4) is 0 Å². The third kappa shape index (κ3) is 3.99. The molecule has 0 saturated carbocycles. The first-order chi connectivity index (χ1) is 16.5. The van der Waals surface area contributed by atoms with Gasteiger partial charge in [0.05, 0.1) is 35.2 Å². The minimum atomic E-state index is -0.672. The third-order valence-corrected chi connectivity index (χ3v) is 6.51. The Hall–Kier alpha value is -4.17. The van der Waals surface area contributed by atoms with Crippen molar-refractivity contribution in [3.8, 4) is 5.75 Å². The molecule has 2 aromatic heterocycles. The van der Waals surface area contributed by atoms with Crippen LogP contribution >= 0.6 is 11.3 Å². The summed E-state index contributed by atoms with van der Waals surface area (Å²) in [5, 5.41) is 2.94. The number of furan rings is 1. The Balaban J connectivity index is 1.70. The van der Waals surface area contributed by atoms with Crippen molar-refractivity contribution >= 4 is 29.0 Å². The number of thiazole rings is 1. The van der Waals surface area contributed by atoms with Gasteiger partial charge in [-0.1, -0.05) is 41.7 Å². The lowest BCUT2D eigenvalue weighted by atomic mass is 9.95. The quantitative estimate of drug-likeness (QED) is 0.483. The van der Waals surface area contributed by atoms with E-state index in [0.29, 0.717) is 37.8 Å². The molecule has 2 aromatic carbocycles. The van der Waals surface area contributed by atoms with Gasteiger partial charge in [0.1, 0.15) is 11.5 Å². The molecule has 0 spiro atoms. The Kier molecular flexibility index (Phi) is 5.73. The number of fused-ring (bicyclic) bond motifs is 1. The molecule has 8 heteroatoms. The Labute approximate surface area is 199 Å². The van der Waals surface area contributed by atoms with Crippen LogP contribution in [0.5, 0.6) is 5.75 Å². The van der Waals surface area contributed by atoms with Gasteiger partial charge in [0.15, 0.2) is 4.80 Å². The molecular formula is C26H21N3O4S. The second-order valence-electron chi connectivity index (χ2n) is 7.69. The lowest BCUT2D eigenvalue weighted by molar-refractivity contribution is -0.113. The maximum Gasteiger partial charge on any atom is 0.271 e. The number of carbonyl (C=O) groups is 1. The normalized spacial score (nSPS) is 15.6. The minimum Gasteiger partial charge on any atom is -0.497 e. The summed E-state index contributed by atoms with van der Waals surface area (Å²) in [6.07, 6.45) is 3.24. The van der Waals surface area contributed by atoms with Crippen molar-refractivity contribution in [3.05, 3.63) is 115 Å². The Bertz CT molecular complexity index is 1560. The maximum atomic E-state index is 13.6. The lowest BCUT2D eigenvalue weighted by Gasteiger charge is -2.25. The molecule has 1 atom stereocenters. The molecule has 34 heavy (non-hydrogen) atoms. The van der Waals surface area contributed by atoms with E-state index in [1.807, 2.05) is 54.6 Å². The first-order valence-electron chi connectivity index (χ1n) is 10.6. The average molecular weight is 472 g/mol. The van der Waals surface area contributed by atoms with Crippen LogP contribution in [-0.4, -0.2) is 17.6 Å². The molecular weight excluding hydrogens is 450 g/mol. The number of rotatable bonds is 5. The molecule has 5 rings (SSSR count). The lowest BCUT2D eigenvalue weighted by Crippen LogP contribution is -2.40. The second-order valence-corrected chi connectivity index (χ2v) is 8.70. The number of hydrogen-bond acceptors (Lipinski definition) is 6. The number of benzene rings is 2. The van der Waals surface area contributed by atoms with Gasteiger partial charge in [-0.25, -0.2) is 4.99 Å². The van der Waals surface area contributed by atoms with Crippen molar-refractivity contribution in [1.29, 1.82) is 0 Å². The number of allylic oxidation sites excluding steroid dienone is 1. The Morgan fingerprint density at radius 1 is 1.15 bits per heavy atom. The molecule has 0 saturated heterocycles. The van der Waals surface area contributed by atoms with Crippen LogP contribution in [-0.2, 0) is 4.79 Å². The highest BCUT2D eigenvalue weighted by Gasteiger charge is 2.32. The van der Waals surface area contributed by atoms with Crippen LogP contribution in [0.1, 0.15) is 24.3 Å². The summed E-state index contributed by atoms with van der Waals surface area (Å²) in [6, 6.07) is 19.4. The zero-order valence-corrected chi connectivity index (χ0v) is 19.3. The number of amides is 1. The fourth-order valence-corrected chi connectivity index (χ4v) is 4.99.